The molecule has 0 bridgehead atoms. The first kappa shape index (κ1) is 28.1. The summed E-state index contributed by atoms with van der Waals surface area (Å²) >= 11 is 6.69. The van der Waals surface area contributed by atoms with Crippen molar-refractivity contribution in [2.24, 2.45) is 0 Å². The maximum Gasteiger partial charge on any atom is 0.295 e. The summed E-state index contributed by atoms with van der Waals surface area (Å²) in [6.07, 6.45) is -1.64. The van der Waals surface area contributed by atoms with Crippen LogP contribution >= 0.6 is 11.6 Å². The molecule has 0 amide bonds. The van der Waals surface area contributed by atoms with Crippen LogP contribution in [0, 0.1) is 0 Å². The van der Waals surface area contributed by atoms with Crippen molar-refractivity contribution in [1.82, 2.24) is 14.9 Å². The van der Waals surface area contributed by atoms with Gasteiger partial charge in [-0.05, 0) is 41.4 Å². The number of rotatable bonds is 11. The first-order chi connectivity index (χ1) is 20.0. The van der Waals surface area contributed by atoms with Crippen LogP contribution in [0.4, 0.5) is 0 Å². The number of aliphatic hydroxyl groups is 2. The summed E-state index contributed by atoms with van der Waals surface area (Å²) in [5.41, 5.74) is 6.89. The van der Waals surface area contributed by atoms with Crippen LogP contribution in [0.25, 0.3) is 33.3 Å². The van der Waals surface area contributed by atoms with Gasteiger partial charge in [0.15, 0.2) is 6.10 Å². The van der Waals surface area contributed by atoms with Gasteiger partial charge in [0.2, 0.25) is 0 Å². The van der Waals surface area contributed by atoms with Crippen LogP contribution < -0.4 is 4.74 Å². The standard InChI is InChI=1S/C31H34ClN3O6/c1-35(10-12-38-13-11-36)16-19-2-4-20(5-3-19)21-6-8-22(9-7-21)23-14-25-26(15-24(23)32)34-31(33-25)41-28-18-40-29-27(37)17-39-30(28)29/h2-9,14-15,27-30,36-37H,10-13,16-18H2,1H3,(H,33,34)/t27-,28-,29-,30-/m1/s1. The Morgan fingerprint density at radius 1 is 0.976 bits per heavy atom. The number of hydrogen-bond donors (Lipinski definition) is 3. The lowest BCUT2D eigenvalue weighted by Crippen LogP contribution is -2.34. The van der Waals surface area contributed by atoms with E-state index >= 15 is 0 Å². The molecule has 2 fully saturated rings. The van der Waals surface area contributed by atoms with Crippen molar-refractivity contribution in [3.05, 3.63) is 71.2 Å². The van der Waals surface area contributed by atoms with Crippen LogP contribution in [0.15, 0.2) is 60.7 Å². The topological polar surface area (TPSA) is 109 Å². The van der Waals surface area contributed by atoms with Gasteiger partial charge in [0, 0.05) is 18.7 Å². The Kier molecular flexibility index (Phi) is 8.55. The Bertz CT molecular complexity index is 1460. The highest BCUT2D eigenvalue weighted by atomic mass is 35.5. The lowest BCUT2D eigenvalue weighted by Gasteiger charge is -2.17. The fourth-order valence-electron chi connectivity index (χ4n) is 5.39. The fourth-order valence-corrected chi connectivity index (χ4v) is 5.67. The molecule has 3 heterocycles. The largest absolute Gasteiger partial charge is 0.456 e. The van der Waals surface area contributed by atoms with Gasteiger partial charge in [0.25, 0.3) is 6.01 Å². The third kappa shape index (κ3) is 6.27. The van der Waals surface area contributed by atoms with Crippen molar-refractivity contribution in [1.29, 1.82) is 0 Å². The summed E-state index contributed by atoms with van der Waals surface area (Å²) in [5.74, 6) is 0. The minimum absolute atomic E-state index is 0.0519. The minimum atomic E-state index is -0.627. The molecule has 0 radical (unpaired) electrons. The molecule has 1 aromatic heterocycles. The zero-order valence-electron chi connectivity index (χ0n) is 22.8. The summed E-state index contributed by atoms with van der Waals surface area (Å²) in [6.45, 7) is 3.25. The number of fused-ring (bicyclic) bond motifs is 2. The van der Waals surface area contributed by atoms with Gasteiger partial charge in [-0.3, -0.25) is 4.90 Å². The zero-order chi connectivity index (χ0) is 28.3. The van der Waals surface area contributed by atoms with Gasteiger partial charge in [0.05, 0.1) is 49.1 Å². The summed E-state index contributed by atoms with van der Waals surface area (Å²) in [4.78, 5) is 10.0. The third-order valence-corrected chi connectivity index (χ3v) is 7.90. The second kappa shape index (κ2) is 12.5. The third-order valence-electron chi connectivity index (χ3n) is 7.58. The summed E-state index contributed by atoms with van der Waals surface area (Å²) in [5, 5.41) is 19.4. The van der Waals surface area contributed by atoms with E-state index in [9.17, 15) is 5.11 Å². The van der Waals surface area contributed by atoms with E-state index in [1.165, 1.54) is 5.56 Å². The van der Waals surface area contributed by atoms with E-state index in [0.29, 0.717) is 30.9 Å². The van der Waals surface area contributed by atoms with Crippen LogP contribution in [-0.2, 0) is 20.8 Å². The highest BCUT2D eigenvalue weighted by molar-refractivity contribution is 6.34. The van der Waals surface area contributed by atoms with E-state index in [-0.39, 0.29) is 31.5 Å². The molecule has 0 unspecified atom stereocenters. The van der Waals surface area contributed by atoms with Gasteiger partial charge < -0.3 is 34.1 Å². The Labute approximate surface area is 243 Å². The molecule has 2 aliphatic heterocycles. The van der Waals surface area contributed by atoms with Gasteiger partial charge in [-0.25, -0.2) is 0 Å². The first-order valence-corrected chi connectivity index (χ1v) is 14.2. The van der Waals surface area contributed by atoms with E-state index in [1.54, 1.807) is 0 Å². The van der Waals surface area contributed by atoms with Crippen molar-refractivity contribution in [2.75, 3.05) is 46.6 Å². The van der Waals surface area contributed by atoms with Crippen LogP contribution in [-0.4, -0.2) is 96.1 Å². The molecule has 0 spiro atoms. The highest BCUT2D eigenvalue weighted by Gasteiger charge is 2.48. The predicted octanol–water partition coefficient (Wildman–Crippen LogP) is 3.90. The number of H-pyrrole nitrogens is 1. The molecule has 4 atom stereocenters. The Balaban J connectivity index is 1.11. The Morgan fingerprint density at radius 3 is 2.44 bits per heavy atom. The number of benzene rings is 3. The van der Waals surface area contributed by atoms with Gasteiger partial charge in [-0.15, -0.1) is 0 Å². The normalized spacial score (nSPS) is 22.1. The maximum atomic E-state index is 9.97. The lowest BCUT2D eigenvalue weighted by atomic mass is 9.99. The van der Waals surface area contributed by atoms with E-state index in [2.05, 4.69) is 70.4 Å². The second-order valence-corrected chi connectivity index (χ2v) is 11.0. The second-order valence-electron chi connectivity index (χ2n) is 10.6. The van der Waals surface area contributed by atoms with E-state index in [4.69, 9.17) is 35.7 Å². The molecule has 0 saturated carbocycles. The van der Waals surface area contributed by atoms with E-state index in [0.717, 1.165) is 46.4 Å². The first-order valence-electron chi connectivity index (χ1n) is 13.8. The number of imidazole rings is 1. The molecule has 41 heavy (non-hydrogen) atoms. The van der Waals surface area contributed by atoms with Crippen molar-refractivity contribution >= 4 is 22.6 Å². The minimum Gasteiger partial charge on any atom is -0.456 e. The maximum absolute atomic E-state index is 9.97. The van der Waals surface area contributed by atoms with Gasteiger partial charge >= 0.3 is 0 Å². The summed E-state index contributed by atoms with van der Waals surface area (Å²) in [6, 6.07) is 21.1. The SMILES string of the molecule is CN(CCOCCO)Cc1ccc(-c2ccc(-c3cc4nc(O[C@@H]5CO[C@H]6[C@@H]5OC[C@H]6O)[nH]c4cc3Cl)cc2)cc1. The average Bonchev–Trinajstić information content (AvgIpc) is 3.67. The molecule has 3 aromatic carbocycles. The van der Waals surface area contributed by atoms with E-state index < -0.39 is 6.10 Å². The molecule has 10 heteroatoms. The van der Waals surface area contributed by atoms with Crippen LogP contribution in [0.3, 0.4) is 0 Å². The predicted molar refractivity (Wildman–Crippen MR) is 156 cm³/mol. The average molecular weight is 580 g/mol. The molecule has 3 N–H and O–H groups in total. The number of aromatic amines is 1. The number of nitrogens with zero attached hydrogens (tertiary/aromatic N) is 2. The van der Waals surface area contributed by atoms with Crippen molar-refractivity contribution < 1.29 is 29.2 Å². The molecule has 4 aromatic rings. The summed E-state index contributed by atoms with van der Waals surface area (Å²) < 4.78 is 22.7. The quantitative estimate of drug-likeness (QED) is 0.230. The number of aromatic nitrogens is 2. The molecule has 216 valence electrons. The number of hydrogen-bond acceptors (Lipinski definition) is 8. The van der Waals surface area contributed by atoms with Gasteiger partial charge in [-0.2, -0.15) is 4.98 Å². The van der Waals surface area contributed by atoms with Gasteiger partial charge in [0.1, 0.15) is 18.3 Å². The zero-order valence-corrected chi connectivity index (χ0v) is 23.6. The Morgan fingerprint density at radius 2 is 1.68 bits per heavy atom. The monoisotopic (exact) mass is 579 g/mol. The van der Waals surface area contributed by atoms with Crippen molar-refractivity contribution in [3.8, 4) is 28.3 Å². The number of halogens is 1. The number of nitrogens with one attached hydrogen (secondary N) is 1. The Hall–Kier alpha value is -3.02. The lowest BCUT2D eigenvalue weighted by molar-refractivity contribution is 0.00706. The van der Waals surface area contributed by atoms with Gasteiger partial charge in [-0.1, -0.05) is 60.1 Å². The van der Waals surface area contributed by atoms with Crippen LogP contribution in [0.5, 0.6) is 6.01 Å². The summed E-state index contributed by atoms with van der Waals surface area (Å²) in [7, 11) is 2.06. The smallest absolute Gasteiger partial charge is 0.295 e. The molecule has 9 nitrogen and oxygen atoms in total. The molecule has 2 aliphatic rings. The fraction of sp³-hybridized carbons (Fsp3) is 0.387. The molecule has 0 aliphatic carbocycles. The van der Waals surface area contributed by atoms with Crippen molar-refractivity contribution in [2.45, 2.75) is 31.0 Å². The molecule has 6 rings (SSSR count). The molecular formula is C31H34ClN3O6. The van der Waals surface area contributed by atoms with E-state index in [1.807, 2.05) is 12.1 Å². The number of aliphatic hydroxyl groups excluding tert-OH is 2. The molecular weight excluding hydrogens is 546 g/mol. The van der Waals surface area contributed by atoms with Crippen LogP contribution in [0.1, 0.15) is 5.56 Å². The van der Waals surface area contributed by atoms with Crippen LogP contribution in [0.2, 0.25) is 5.02 Å². The number of ether oxygens (including phenoxy) is 4. The highest BCUT2D eigenvalue weighted by Crippen LogP contribution is 2.35. The number of likely N-dealkylation sites (N-methyl/N-ethyl adjacent to an activating group) is 1. The van der Waals surface area contributed by atoms with Crippen molar-refractivity contribution in [3.63, 3.8) is 0 Å². The molecule has 2 saturated heterocycles.